The van der Waals surface area contributed by atoms with E-state index in [9.17, 15) is 45.3 Å². The third-order valence-corrected chi connectivity index (χ3v) is 10.3. The predicted molar refractivity (Wildman–Crippen MR) is 237 cm³/mol. The molecule has 0 aromatic rings. The molecule has 8 N–H and O–H groups in total. The molecule has 0 bridgehead atoms. The molecule has 0 spiro atoms. The summed E-state index contributed by atoms with van der Waals surface area (Å²) in [6.45, 7) is 2.88. The average Bonchev–Trinajstić information content (AvgIpc) is 3.28. The molecule has 364 valence electrons. The summed E-state index contributed by atoms with van der Waals surface area (Å²) in [5.74, 6) is -0.636. The number of aliphatic hydroxyl groups excluding tert-OH is 8. The van der Waals surface area contributed by atoms with Gasteiger partial charge in [0.25, 0.3) is 0 Å². The fourth-order valence-electron chi connectivity index (χ4n) is 6.36. The predicted octanol–water partition coefficient (Wildman–Crippen LogP) is 3.79. The third kappa shape index (κ3) is 26.7. The van der Waals surface area contributed by atoms with Gasteiger partial charge in [0.15, 0.2) is 6.29 Å². The van der Waals surface area contributed by atoms with Gasteiger partial charge in [-0.15, -0.1) is 0 Å². The fourth-order valence-corrected chi connectivity index (χ4v) is 6.36. The summed E-state index contributed by atoms with van der Waals surface area (Å²) in [6.07, 6.45) is 13.2. The van der Waals surface area contributed by atoms with Crippen LogP contribution < -0.4 is 0 Å². The monoisotopic (exact) mass is 901 g/mol. The molecule has 1 saturated heterocycles. The van der Waals surface area contributed by atoms with Crippen LogP contribution >= 0.6 is 0 Å². The van der Waals surface area contributed by atoms with Gasteiger partial charge in [-0.1, -0.05) is 93.9 Å². The number of allylic oxidation sites excluding steroid dienone is 3. The molecule has 0 amide bonds. The highest BCUT2D eigenvalue weighted by molar-refractivity contribution is 5.69. The second-order valence-corrected chi connectivity index (χ2v) is 15.8. The van der Waals surface area contributed by atoms with E-state index in [1.807, 2.05) is 36.5 Å². The third-order valence-electron chi connectivity index (χ3n) is 10.3. The van der Waals surface area contributed by atoms with E-state index in [-0.39, 0.29) is 44.2 Å². The van der Waals surface area contributed by atoms with Gasteiger partial charge in [0.1, 0.15) is 36.6 Å². The minimum Gasteiger partial charge on any atom is -0.469 e. The van der Waals surface area contributed by atoms with E-state index in [0.29, 0.717) is 38.5 Å². The number of methoxy groups -OCH3 is 2. The lowest BCUT2D eigenvalue weighted by Gasteiger charge is -2.40. The van der Waals surface area contributed by atoms with Gasteiger partial charge < -0.3 is 69.3 Å². The van der Waals surface area contributed by atoms with Gasteiger partial charge in [-0.25, -0.2) is 0 Å². The van der Waals surface area contributed by atoms with Gasteiger partial charge in [-0.05, 0) is 70.6 Å². The Hall–Kier alpha value is -2.84. The number of rotatable bonds is 36. The number of unbranched alkanes of at least 4 members (excludes halogenated alkanes) is 6. The minimum absolute atomic E-state index is 0.246. The summed E-state index contributed by atoms with van der Waals surface area (Å²) in [5, 5.41) is 84.4. The van der Waals surface area contributed by atoms with Crippen LogP contribution in [0.4, 0.5) is 0 Å². The molecular weight excluding hydrogens is 821 g/mol. The van der Waals surface area contributed by atoms with Crippen molar-refractivity contribution in [2.75, 3.05) is 34.0 Å². The van der Waals surface area contributed by atoms with Crippen molar-refractivity contribution in [2.24, 2.45) is 0 Å². The maximum absolute atomic E-state index is 11.6. The molecule has 0 aliphatic carbocycles. The van der Waals surface area contributed by atoms with Crippen LogP contribution in [-0.2, 0) is 38.0 Å². The molecular formula is C47H80O16. The van der Waals surface area contributed by atoms with E-state index in [0.717, 1.165) is 38.5 Å². The van der Waals surface area contributed by atoms with Crippen LogP contribution in [0.25, 0.3) is 0 Å². The van der Waals surface area contributed by atoms with E-state index in [1.165, 1.54) is 26.4 Å². The van der Waals surface area contributed by atoms with Crippen molar-refractivity contribution in [1.29, 1.82) is 0 Å². The minimum atomic E-state index is -1.67. The molecule has 0 radical (unpaired) electrons. The largest absolute Gasteiger partial charge is 0.469 e. The van der Waals surface area contributed by atoms with Crippen molar-refractivity contribution in [2.45, 2.75) is 190 Å². The van der Waals surface area contributed by atoms with Crippen molar-refractivity contribution in [3.05, 3.63) is 60.8 Å². The first-order valence-electron chi connectivity index (χ1n) is 22.7. The smallest absolute Gasteiger partial charge is 0.305 e. The van der Waals surface area contributed by atoms with E-state index in [2.05, 4.69) is 18.6 Å². The summed E-state index contributed by atoms with van der Waals surface area (Å²) in [5.41, 5.74) is 0. The van der Waals surface area contributed by atoms with Crippen LogP contribution in [-0.4, -0.2) is 160 Å². The van der Waals surface area contributed by atoms with Crippen molar-refractivity contribution in [3.63, 3.8) is 0 Å². The second kappa shape index (κ2) is 36.4. The Bertz CT molecular complexity index is 1320. The standard InChI is InChI=1S/C47H80O16/c1-5-7-9-11-12-16-23-37(51)40(62-39(24-17-10-8-6-2)38(52)29-27-34(49)21-19-20-26-43(54)59-4)30-28-36(22-15-13-14-18-25-42(53)58-3)60-33-41-44(55)45(56)46(57)47(63-41)61-32-35(50)31-48/h10,12-13,15-17,27-30,34-41,44-52,55-57H,5-9,11,14,18-26,31-33H2,1-4H3/b15-13+,16-12+,17-10+,29-27+,30-28+/t34?,35?,36?,37?,38?,39?,40?,41-,44+,45+,46-,47-/m1/s1. The van der Waals surface area contributed by atoms with Gasteiger partial charge in [0.2, 0.25) is 0 Å². The molecule has 0 aromatic carbocycles. The molecule has 7 unspecified atom stereocenters. The number of hydrogen-bond donors (Lipinski definition) is 8. The van der Waals surface area contributed by atoms with Gasteiger partial charge in [-0.3, -0.25) is 9.59 Å². The molecule has 1 aliphatic rings. The fraction of sp³-hybridized carbons (Fsp3) is 0.745. The number of carbonyl (C=O) groups excluding carboxylic acids is 2. The summed E-state index contributed by atoms with van der Waals surface area (Å²) in [7, 11) is 2.66. The normalized spacial score (nSPS) is 23.1. The molecule has 12 atom stereocenters. The van der Waals surface area contributed by atoms with Crippen molar-refractivity contribution >= 4 is 11.9 Å². The van der Waals surface area contributed by atoms with Crippen molar-refractivity contribution in [3.8, 4) is 0 Å². The first-order valence-corrected chi connectivity index (χ1v) is 22.7. The molecule has 1 rings (SSSR count). The molecule has 1 fully saturated rings. The van der Waals surface area contributed by atoms with Crippen LogP contribution in [0.3, 0.4) is 0 Å². The lowest BCUT2D eigenvalue weighted by molar-refractivity contribution is -0.307. The van der Waals surface area contributed by atoms with Gasteiger partial charge in [0, 0.05) is 12.8 Å². The number of esters is 2. The first kappa shape index (κ1) is 58.2. The highest BCUT2D eigenvalue weighted by Crippen LogP contribution is 2.24. The lowest BCUT2D eigenvalue weighted by atomic mass is 9.99. The maximum atomic E-state index is 11.6. The Kier molecular flexibility index (Phi) is 33.6. The maximum Gasteiger partial charge on any atom is 0.305 e. The highest BCUT2D eigenvalue weighted by atomic mass is 16.7. The Balaban J connectivity index is 3.44. The Morgan fingerprint density at radius 1 is 0.683 bits per heavy atom. The SMILES string of the molecule is CCC/C=C/CC(OC(/C=C/C(C/C=C/CCCC(=O)OC)OC[C@H]1O[C@@H](OCC(O)CO)[C@H](O)[C@@H](O)[C@H]1O)C(O)C/C=C/CCCCC)C(O)/C=C/C(O)CCCCC(=O)OC. The molecule has 16 nitrogen and oxygen atoms in total. The Morgan fingerprint density at radius 3 is 2.00 bits per heavy atom. The number of hydrogen-bond acceptors (Lipinski definition) is 16. The van der Waals surface area contributed by atoms with Gasteiger partial charge in [-0.2, -0.15) is 0 Å². The molecule has 1 heterocycles. The molecule has 63 heavy (non-hydrogen) atoms. The van der Waals surface area contributed by atoms with Crippen LogP contribution in [0, 0.1) is 0 Å². The van der Waals surface area contributed by atoms with E-state index in [1.54, 1.807) is 12.2 Å². The topological polar surface area (TPSA) is 251 Å². The van der Waals surface area contributed by atoms with Crippen LogP contribution in [0.15, 0.2) is 60.8 Å². The quantitative estimate of drug-likeness (QED) is 0.0253. The molecule has 0 saturated carbocycles. The first-order chi connectivity index (χ1) is 30.3. The molecule has 1 aliphatic heterocycles. The number of aliphatic hydroxyl groups is 8. The lowest BCUT2D eigenvalue weighted by Crippen LogP contribution is -2.59. The zero-order valence-corrected chi connectivity index (χ0v) is 38.0. The number of carbonyl (C=O) groups is 2. The summed E-state index contributed by atoms with van der Waals surface area (Å²) in [6, 6.07) is 0. The van der Waals surface area contributed by atoms with Crippen LogP contribution in [0.2, 0.25) is 0 Å². The highest BCUT2D eigenvalue weighted by Gasteiger charge is 2.44. The van der Waals surface area contributed by atoms with E-state index in [4.69, 9.17) is 28.8 Å². The second-order valence-electron chi connectivity index (χ2n) is 15.8. The number of ether oxygens (including phenoxy) is 6. The summed E-state index contributed by atoms with van der Waals surface area (Å²) >= 11 is 0. The summed E-state index contributed by atoms with van der Waals surface area (Å²) in [4.78, 5) is 23.0. The average molecular weight is 901 g/mol. The van der Waals surface area contributed by atoms with Crippen molar-refractivity contribution < 1.29 is 78.9 Å². The Morgan fingerprint density at radius 2 is 1.33 bits per heavy atom. The zero-order valence-electron chi connectivity index (χ0n) is 38.0. The van der Waals surface area contributed by atoms with Crippen LogP contribution in [0.5, 0.6) is 0 Å². The Labute approximate surface area is 374 Å². The van der Waals surface area contributed by atoms with Gasteiger partial charge in [0.05, 0.1) is 64.6 Å². The summed E-state index contributed by atoms with van der Waals surface area (Å²) < 4.78 is 33.2. The van der Waals surface area contributed by atoms with Crippen molar-refractivity contribution in [1.82, 2.24) is 0 Å². The van der Waals surface area contributed by atoms with Crippen LogP contribution in [0.1, 0.15) is 117 Å². The van der Waals surface area contributed by atoms with Gasteiger partial charge >= 0.3 is 11.9 Å². The molecule has 0 aromatic heterocycles. The molecule has 16 heteroatoms. The van der Waals surface area contributed by atoms with E-state index >= 15 is 0 Å². The van der Waals surface area contributed by atoms with E-state index < -0.39 is 86.6 Å². The zero-order chi connectivity index (χ0) is 46.8.